The zero-order chi connectivity index (χ0) is 14.6. The van der Waals surface area contributed by atoms with Gasteiger partial charge in [-0.25, -0.2) is 9.59 Å². The zero-order valence-corrected chi connectivity index (χ0v) is 10.5. The van der Waals surface area contributed by atoms with Gasteiger partial charge in [0, 0.05) is 12.6 Å². The Labute approximate surface area is 108 Å². The van der Waals surface area contributed by atoms with Gasteiger partial charge in [-0.1, -0.05) is 0 Å². The third-order valence-corrected chi connectivity index (χ3v) is 2.96. The van der Waals surface area contributed by atoms with E-state index in [0.29, 0.717) is 19.3 Å². The Morgan fingerprint density at radius 1 is 1.42 bits per heavy atom. The van der Waals surface area contributed by atoms with E-state index in [1.54, 1.807) is 0 Å². The van der Waals surface area contributed by atoms with E-state index in [1.165, 1.54) is 6.92 Å². The molecule has 0 saturated carbocycles. The number of alkyl halides is 3. The van der Waals surface area contributed by atoms with Crippen molar-refractivity contribution >= 4 is 12.0 Å². The Balaban J connectivity index is 2.58. The van der Waals surface area contributed by atoms with Crippen molar-refractivity contribution < 1.29 is 27.9 Å². The van der Waals surface area contributed by atoms with Gasteiger partial charge in [0.15, 0.2) is 0 Å². The Bertz CT molecular complexity index is 347. The summed E-state index contributed by atoms with van der Waals surface area (Å²) in [6, 6.07) is -2.78. The molecule has 0 aliphatic carbocycles. The zero-order valence-electron chi connectivity index (χ0n) is 10.5. The summed E-state index contributed by atoms with van der Waals surface area (Å²) in [5.41, 5.74) is 0. The molecule has 0 spiro atoms. The van der Waals surface area contributed by atoms with Gasteiger partial charge in [-0.15, -0.1) is 0 Å². The first-order valence-corrected chi connectivity index (χ1v) is 6.07. The molecule has 1 fully saturated rings. The SMILES string of the molecule is CC(CC(F)(F)F)NC(=O)N1CCCCC1C(=O)O. The quantitative estimate of drug-likeness (QED) is 0.831. The van der Waals surface area contributed by atoms with Gasteiger partial charge in [-0.2, -0.15) is 13.2 Å². The molecule has 2 atom stereocenters. The molecule has 1 rings (SSSR count). The summed E-state index contributed by atoms with van der Waals surface area (Å²) in [7, 11) is 0. The van der Waals surface area contributed by atoms with Crippen LogP contribution in [0.1, 0.15) is 32.6 Å². The molecule has 0 radical (unpaired) electrons. The van der Waals surface area contributed by atoms with Crippen LogP contribution in [0.15, 0.2) is 0 Å². The topological polar surface area (TPSA) is 69.6 Å². The number of carboxylic acid groups (broad SMARTS) is 1. The number of urea groups is 1. The second-order valence-corrected chi connectivity index (χ2v) is 4.71. The fraction of sp³-hybridized carbons (Fsp3) is 0.818. The molecular formula is C11H17F3N2O3. The summed E-state index contributed by atoms with van der Waals surface area (Å²) in [5.74, 6) is -1.13. The standard InChI is InChI=1S/C11H17F3N2O3/c1-7(6-11(12,13)14)15-10(19)16-5-3-2-4-8(16)9(17)18/h7-8H,2-6H2,1H3,(H,15,19)(H,17,18). The second-order valence-electron chi connectivity index (χ2n) is 4.71. The molecule has 2 N–H and O–H groups in total. The number of nitrogens with one attached hydrogen (secondary N) is 1. The van der Waals surface area contributed by atoms with Gasteiger partial charge < -0.3 is 15.3 Å². The Kier molecular flexibility index (Phi) is 5.02. The first kappa shape index (κ1) is 15.6. The number of nitrogens with zero attached hydrogens (tertiary/aromatic N) is 1. The molecule has 1 heterocycles. The third kappa shape index (κ3) is 4.96. The lowest BCUT2D eigenvalue weighted by Gasteiger charge is -2.33. The summed E-state index contributed by atoms with van der Waals surface area (Å²) < 4.78 is 36.4. The van der Waals surface area contributed by atoms with Gasteiger partial charge in [0.1, 0.15) is 6.04 Å². The van der Waals surface area contributed by atoms with Crippen LogP contribution in [0.25, 0.3) is 0 Å². The van der Waals surface area contributed by atoms with Crippen molar-refractivity contribution in [3.63, 3.8) is 0 Å². The van der Waals surface area contributed by atoms with Gasteiger partial charge in [-0.05, 0) is 26.2 Å². The molecule has 1 aliphatic rings. The number of likely N-dealkylation sites (tertiary alicyclic amines) is 1. The molecule has 5 nitrogen and oxygen atoms in total. The number of carbonyl (C=O) groups excluding carboxylic acids is 1. The Morgan fingerprint density at radius 3 is 2.58 bits per heavy atom. The van der Waals surface area contributed by atoms with Gasteiger partial charge in [-0.3, -0.25) is 0 Å². The summed E-state index contributed by atoms with van der Waals surface area (Å²) in [6.07, 6.45) is -3.81. The molecule has 2 amide bonds. The van der Waals surface area contributed by atoms with Crippen LogP contribution in [0.3, 0.4) is 0 Å². The number of carbonyl (C=O) groups is 2. The van der Waals surface area contributed by atoms with Crippen LogP contribution in [0.4, 0.5) is 18.0 Å². The van der Waals surface area contributed by atoms with Gasteiger partial charge in [0.05, 0.1) is 6.42 Å². The lowest BCUT2D eigenvalue weighted by atomic mass is 10.0. The van der Waals surface area contributed by atoms with Crippen LogP contribution < -0.4 is 5.32 Å². The van der Waals surface area contributed by atoms with Crippen molar-refractivity contribution in [2.75, 3.05) is 6.54 Å². The maximum Gasteiger partial charge on any atom is 0.391 e. The highest BCUT2D eigenvalue weighted by Crippen LogP contribution is 2.22. The highest BCUT2D eigenvalue weighted by molar-refractivity contribution is 5.83. The van der Waals surface area contributed by atoms with Crippen LogP contribution in [-0.4, -0.2) is 46.8 Å². The predicted octanol–water partition coefficient (Wildman–Crippen LogP) is 1.98. The minimum atomic E-state index is -4.36. The highest BCUT2D eigenvalue weighted by Gasteiger charge is 2.34. The number of aliphatic carboxylic acids is 1. The number of piperidine rings is 1. The molecule has 1 aliphatic heterocycles. The summed E-state index contributed by atoms with van der Waals surface area (Å²) in [4.78, 5) is 23.9. The summed E-state index contributed by atoms with van der Waals surface area (Å²) in [5, 5.41) is 11.2. The molecule has 110 valence electrons. The van der Waals surface area contributed by atoms with E-state index in [-0.39, 0.29) is 6.54 Å². The average Bonchev–Trinajstić information content (AvgIpc) is 2.26. The molecule has 0 aromatic heterocycles. The fourth-order valence-corrected chi connectivity index (χ4v) is 2.12. The van der Waals surface area contributed by atoms with E-state index >= 15 is 0 Å². The van der Waals surface area contributed by atoms with Crippen LogP contribution in [0.2, 0.25) is 0 Å². The molecule has 19 heavy (non-hydrogen) atoms. The van der Waals surface area contributed by atoms with Crippen molar-refractivity contribution in [2.24, 2.45) is 0 Å². The van der Waals surface area contributed by atoms with E-state index in [9.17, 15) is 22.8 Å². The number of hydrogen-bond donors (Lipinski definition) is 2. The highest BCUT2D eigenvalue weighted by atomic mass is 19.4. The third-order valence-electron chi connectivity index (χ3n) is 2.96. The second kappa shape index (κ2) is 6.12. The number of carboxylic acids is 1. The number of hydrogen-bond acceptors (Lipinski definition) is 2. The van der Waals surface area contributed by atoms with Crippen molar-refractivity contribution in [1.82, 2.24) is 10.2 Å². The van der Waals surface area contributed by atoms with Gasteiger partial charge in [0.25, 0.3) is 0 Å². The minimum absolute atomic E-state index is 0.252. The van der Waals surface area contributed by atoms with E-state index in [1.807, 2.05) is 0 Å². The van der Waals surface area contributed by atoms with Crippen LogP contribution in [-0.2, 0) is 4.79 Å². The van der Waals surface area contributed by atoms with Crippen molar-refractivity contribution in [3.05, 3.63) is 0 Å². The first-order chi connectivity index (χ1) is 8.70. The fourth-order valence-electron chi connectivity index (χ4n) is 2.12. The largest absolute Gasteiger partial charge is 0.480 e. The van der Waals surface area contributed by atoms with E-state index < -0.39 is 36.7 Å². The van der Waals surface area contributed by atoms with Crippen LogP contribution in [0.5, 0.6) is 0 Å². The minimum Gasteiger partial charge on any atom is -0.480 e. The lowest BCUT2D eigenvalue weighted by Crippen LogP contribution is -2.53. The number of amides is 2. The molecular weight excluding hydrogens is 265 g/mol. The van der Waals surface area contributed by atoms with Crippen LogP contribution >= 0.6 is 0 Å². The Hall–Kier alpha value is -1.47. The normalized spacial score (nSPS) is 21.9. The average molecular weight is 282 g/mol. The van der Waals surface area contributed by atoms with Gasteiger partial charge in [0.2, 0.25) is 0 Å². The van der Waals surface area contributed by atoms with Crippen LogP contribution in [0, 0.1) is 0 Å². The lowest BCUT2D eigenvalue weighted by molar-refractivity contribution is -0.144. The molecule has 8 heteroatoms. The number of rotatable bonds is 3. The molecule has 0 aromatic rings. The van der Waals surface area contributed by atoms with Crippen molar-refractivity contribution in [2.45, 2.75) is 50.9 Å². The van der Waals surface area contributed by atoms with E-state index in [4.69, 9.17) is 5.11 Å². The maximum absolute atomic E-state index is 12.1. The van der Waals surface area contributed by atoms with Crippen molar-refractivity contribution in [3.8, 4) is 0 Å². The Morgan fingerprint density at radius 2 is 2.05 bits per heavy atom. The summed E-state index contributed by atoms with van der Waals surface area (Å²) in [6.45, 7) is 1.49. The van der Waals surface area contributed by atoms with Crippen molar-refractivity contribution in [1.29, 1.82) is 0 Å². The predicted molar refractivity (Wildman–Crippen MR) is 60.6 cm³/mol. The van der Waals surface area contributed by atoms with E-state index in [0.717, 1.165) is 4.90 Å². The monoisotopic (exact) mass is 282 g/mol. The smallest absolute Gasteiger partial charge is 0.391 e. The van der Waals surface area contributed by atoms with Gasteiger partial charge >= 0.3 is 18.2 Å². The molecule has 2 unspecified atom stereocenters. The summed E-state index contributed by atoms with van der Waals surface area (Å²) >= 11 is 0. The molecule has 1 saturated heterocycles. The maximum atomic E-state index is 12.1. The van der Waals surface area contributed by atoms with E-state index in [2.05, 4.69) is 5.32 Å². The molecule has 0 bridgehead atoms. The number of halogens is 3. The first-order valence-electron chi connectivity index (χ1n) is 6.07. The molecule has 0 aromatic carbocycles.